The number of hydrogen-bond donors (Lipinski definition) is 1. The quantitative estimate of drug-likeness (QED) is 0.650. The first kappa shape index (κ1) is 13.8. The minimum Gasteiger partial charge on any atom is -0.462 e. The molecule has 0 aliphatic heterocycles. The van der Waals surface area contributed by atoms with Gasteiger partial charge in [-0.2, -0.15) is 0 Å². The lowest BCUT2D eigenvalue weighted by molar-refractivity contribution is 0.0443. The molecule has 5 heteroatoms. The zero-order valence-corrected chi connectivity index (χ0v) is 10.8. The van der Waals surface area contributed by atoms with E-state index in [4.69, 9.17) is 22.1 Å². The van der Waals surface area contributed by atoms with Gasteiger partial charge in [0.2, 0.25) is 0 Å². The van der Waals surface area contributed by atoms with Crippen molar-refractivity contribution in [3.05, 3.63) is 23.0 Å². The largest absolute Gasteiger partial charge is 0.462 e. The molecular formula is C12H17ClN2O2. The van der Waals surface area contributed by atoms with Crippen molar-refractivity contribution in [1.82, 2.24) is 4.98 Å². The molecule has 0 bridgehead atoms. The van der Waals surface area contributed by atoms with Gasteiger partial charge >= 0.3 is 5.97 Å². The molecule has 17 heavy (non-hydrogen) atoms. The number of aromatic nitrogens is 1. The molecule has 1 aromatic rings. The first-order chi connectivity index (χ1) is 8.04. The van der Waals surface area contributed by atoms with Gasteiger partial charge in [0, 0.05) is 0 Å². The Bertz CT molecular complexity index is 396. The molecule has 0 saturated carbocycles. The molecule has 0 aromatic carbocycles. The minimum absolute atomic E-state index is 0.118. The summed E-state index contributed by atoms with van der Waals surface area (Å²) in [5.74, 6) is -0.130. The average molecular weight is 257 g/mol. The van der Waals surface area contributed by atoms with Gasteiger partial charge in [0.15, 0.2) is 0 Å². The topological polar surface area (TPSA) is 65.2 Å². The van der Waals surface area contributed by atoms with Gasteiger partial charge in [0.1, 0.15) is 5.15 Å². The highest BCUT2D eigenvalue weighted by Crippen LogP contribution is 2.17. The third-order valence-corrected chi connectivity index (χ3v) is 2.66. The average Bonchev–Trinajstić information content (AvgIpc) is 2.29. The van der Waals surface area contributed by atoms with E-state index in [1.807, 2.05) is 6.92 Å². The van der Waals surface area contributed by atoms with E-state index in [1.165, 1.54) is 12.3 Å². The van der Waals surface area contributed by atoms with Crippen LogP contribution in [0, 0.1) is 5.92 Å². The van der Waals surface area contributed by atoms with Crippen LogP contribution in [0.4, 0.5) is 5.69 Å². The maximum Gasteiger partial charge on any atom is 0.341 e. The zero-order chi connectivity index (χ0) is 12.8. The van der Waals surface area contributed by atoms with Crippen LogP contribution in [0.2, 0.25) is 5.15 Å². The summed E-state index contributed by atoms with van der Waals surface area (Å²) >= 11 is 5.80. The highest BCUT2D eigenvalue weighted by Gasteiger charge is 2.14. The Balaban J connectivity index is 2.61. The second kappa shape index (κ2) is 6.45. The number of hydrogen-bond acceptors (Lipinski definition) is 4. The molecule has 1 aromatic heterocycles. The second-order valence-corrected chi connectivity index (χ2v) is 4.46. The highest BCUT2D eigenvalue weighted by atomic mass is 35.5. The van der Waals surface area contributed by atoms with Gasteiger partial charge in [-0.1, -0.05) is 31.9 Å². The molecule has 1 heterocycles. The summed E-state index contributed by atoms with van der Waals surface area (Å²) in [6, 6.07) is 1.47. The molecule has 0 saturated heterocycles. The van der Waals surface area contributed by atoms with Gasteiger partial charge < -0.3 is 10.5 Å². The van der Waals surface area contributed by atoms with Crippen LogP contribution in [0.25, 0.3) is 0 Å². The Morgan fingerprint density at radius 1 is 1.65 bits per heavy atom. The Morgan fingerprint density at radius 2 is 2.35 bits per heavy atom. The normalized spacial score (nSPS) is 12.2. The number of rotatable bonds is 5. The lowest BCUT2D eigenvalue weighted by atomic mass is 10.1. The molecular weight excluding hydrogens is 240 g/mol. The third-order valence-electron chi connectivity index (χ3n) is 2.36. The smallest absolute Gasteiger partial charge is 0.341 e. The van der Waals surface area contributed by atoms with Crippen molar-refractivity contribution in [3.63, 3.8) is 0 Å². The highest BCUT2D eigenvalue weighted by molar-refractivity contribution is 6.32. The van der Waals surface area contributed by atoms with Crippen molar-refractivity contribution in [2.75, 3.05) is 12.3 Å². The van der Waals surface area contributed by atoms with E-state index in [-0.39, 0.29) is 10.7 Å². The summed E-state index contributed by atoms with van der Waals surface area (Å²) < 4.78 is 5.16. The molecule has 0 radical (unpaired) electrons. The number of anilines is 1. The number of ether oxygens (including phenoxy) is 1. The predicted octanol–water partition coefficient (Wildman–Crippen LogP) is 2.91. The molecule has 0 aliphatic carbocycles. The van der Waals surface area contributed by atoms with Crippen molar-refractivity contribution in [1.29, 1.82) is 0 Å². The van der Waals surface area contributed by atoms with Crippen molar-refractivity contribution in [2.24, 2.45) is 5.92 Å². The molecule has 0 amide bonds. The van der Waals surface area contributed by atoms with Gasteiger partial charge in [0.05, 0.1) is 24.1 Å². The number of nitrogen functional groups attached to an aromatic ring is 1. The number of nitrogens with two attached hydrogens (primary N) is 1. The monoisotopic (exact) mass is 256 g/mol. The number of carbonyl (C=O) groups is 1. The third kappa shape index (κ3) is 4.23. The summed E-state index contributed by atoms with van der Waals surface area (Å²) in [7, 11) is 0. The van der Waals surface area contributed by atoms with Gasteiger partial charge in [0.25, 0.3) is 0 Å². The maximum absolute atomic E-state index is 11.7. The molecule has 4 nitrogen and oxygen atoms in total. The summed E-state index contributed by atoms with van der Waals surface area (Å²) in [6.45, 7) is 4.52. The van der Waals surface area contributed by atoms with Gasteiger partial charge in [-0.3, -0.25) is 0 Å². The zero-order valence-electron chi connectivity index (χ0n) is 10.1. The van der Waals surface area contributed by atoms with E-state index < -0.39 is 5.97 Å². The fraction of sp³-hybridized carbons (Fsp3) is 0.500. The summed E-state index contributed by atoms with van der Waals surface area (Å²) in [5, 5.41) is 0.118. The maximum atomic E-state index is 11.7. The molecule has 1 unspecified atom stereocenters. The lowest BCUT2D eigenvalue weighted by Crippen LogP contribution is -2.13. The molecule has 1 atom stereocenters. The number of pyridine rings is 1. The summed E-state index contributed by atoms with van der Waals surface area (Å²) in [4.78, 5) is 15.5. The van der Waals surface area contributed by atoms with E-state index >= 15 is 0 Å². The first-order valence-electron chi connectivity index (χ1n) is 5.62. The Labute approximate surface area is 106 Å². The first-order valence-corrected chi connectivity index (χ1v) is 6.00. The van der Waals surface area contributed by atoms with E-state index in [1.54, 1.807) is 0 Å². The second-order valence-electron chi connectivity index (χ2n) is 4.10. The SMILES string of the molecule is CCCC(C)COC(=O)c1cc(N)cnc1Cl. The standard InChI is InChI=1S/C12H17ClN2O2/c1-3-4-8(2)7-17-12(16)10-5-9(14)6-15-11(10)13/h5-6,8H,3-4,7,14H2,1-2H3. The number of halogens is 1. The number of esters is 1. The van der Waals surface area contributed by atoms with Crippen LogP contribution in [0.5, 0.6) is 0 Å². The van der Waals surface area contributed by atoms with Crippen LogP contribution in [0.15, 0.2) is 12.3 Å². The van der Waals surface area contributed by atoms with E-state index in [2.05, 4.69) is 11.9 Å². The molecule has 2 N–H and O–H groups in total. The van der Waals surface area contributed by atoms with E-state index in [0.29, 0.717) is 18.2 Å². The van der Waals surface area contributed by atoms with Crippen molar-refractivity contribution in [3.8, 4) is 0 Å². The number of nitrogens with zero attached hydrogens (tertiary/aromatic N) is 1. The van der Waals surface area contributed by atoms with Crippen molar-refractivity contribution in [2.45, 2.75) is 26.7 Å². The van der Waals surface area contributed by atoms with E-state index in [0.717, 1.165) is 12.8 Å². The molecule has 0 aliphatic rings. The van der Waals surface area contributed by atoms with Crippen LogP contribution in [-0.2, 0) is 4.74 Å². The molecule has 0 spiro atoms. The predicted molar refractivity (Wildman–Crippen MR) is 68.0 cm³/mol. The lowest BCUT2D eigenvalue weighted by Gasteiger charge is -2.11. The van der Waals surface area contributed by atoms with Gasteiger partial charge in [-0.05, 0) is 18.4 Å². The summed E-state index contributed by atoms with van der Waals surface area (Å²) in [6.07, 6.45) is 3.49. The number of carbonyl (C=O) groups excluding carboxylic acids is 1. The van der Waals surface area contributed by atoms with Crippen LogP contribution < -0.4 is 5.73 Å². The fourth-order valence-electron chi connectivity index (χ4n) is 1.48. The van der Waals surface area contributed by atoms with Crippen molar-refractivity contribution >= 4 is 23.3 Å². The molecule has 0 fully saturated rings. The van der Waals surface area contributed by atoms with Crippen LogP contribution in [-0.4, -0.2) is 17.6 Å². The van der Waals surface area contributed by atoms with Crippen molar-refractivity contribution < 1.29 is 9.53 Å². The van der Waals surface area contributed by atoms with Crippen LogP contribution >= 0.6 is 11.6 Å². The van der Waals surface area contributed by atoms with E-state index in [9.17, 15) is 4.79 Å². The Kier molecular flexibility index (Phi) is 5.22. The summed E-state index contributed by atoms with van der Waals surface area (Å²) in [5.41, 5.74) is 6.15. The Hall–Kier alpha value is -1.29. The van der Waals surface area contributed by atoms with Gasteiger partial charge in [-0.25, -0.2) is 9.78 Å². The molecule has 1 rings (SSSR count). The minimum atomic E-state index is -0.474. The van der Waals surface area contributed by atoms with Crippen LogP contribution in [0.1, 0.15) is 37.0 Å². The molecule has 94 valence electrons. The Morgan fingerprint density at radius 3 is 3.00 bits per heavy atom. The van der Waals surface area contributed by atoms with Gasteiger partial charge in [-0.15, -0.1) is 0 Å². The fourth-order valence-corrected chi connectivity index (χ4v) is 1.66. The van der Waals surface area contributed by atoms with Crippen LogP contribution in [0.3, 0.4) is 0 Å².